The van der Waals surface area contributed by atoms with Crippen molar-refractivity contribution in [3.05, 3.63) is 29.3 Å². The van der Waals surface area contributed by atoms with Crippen molar-refractivity contribution in [3.8, 4) is 0 Å². The van der Waals surface area contributed by atoms with Crippen LogP contribution in [0.3, 0.4) is 0 Å². The Balaban J connectivity index is 1.49. The number of ether oxygens (including phenoxy) is 1. The van der Waals surface area contributed by atoms with Crippen LogP contribution in [0.1, 0.15) is 18.4 Å². The van der Waals surface area contributed by atoms with Crippen LogP contribution in [0.4, 0.5) is 0 Å². The van der Waals surface area contributed by atoms with E-state index in [-0.39, 0.29) is 11.3 Å². The molecule has 20 heavy (non-hydrogen) atoms. The predicted octanol–water partition coefficient (Wildman–Crippen LogP) is 2.38. The number of rotatable bonds is 5. The van der Waals surface area contributed by atoms with Crippen LogP contribution in [0.5, 0.6) is 0 Å². The quantitative estimate of drug-likeness (QED) is 0.920. The van der Waals surface area contributed by atoms with Crippen molar-refractivity contribution in [2.24, 2.45) is 5.41 Å². The molecule has 4 nitrogen and oxygen atoms in total. The number of hydrogen-bond acceptors (Lipinski definition) is 4. The maximum atomic E-state index is 11.8. The van der Waals surface area contributed by atoms with Gasteiger partial charge in [0.25, 0.3) is 0 Å². The molecule has 1 aliphatic rings. The highest BCUT2D eigenvalue weighted by molar-refractivity contribution is 7.18. The molecular weight excluding hydrogens is 272 g/mol. The Bertz CT molecular complexity index is 586. The van der Waals surface area contributed by atoms with E-state index < -0.39 is 0 Å². The van der Waals surface area contributed by atoms with Crippen LogP contribution in [0.25, 0.3) is 10.2 Å². The smallest absolute Gasteiger partial charge is 0.220 e. The van der Waals surface area contributed by atoms with Gasteiger partial charge in [0.2, 0.25) is 5.91 Å². The van der Waals surface area contributed by atoms with Gasteiger partial charge in [0, 0.05) is 24.8 Å². The highest BCUT2D eigenvalue weighted by Crippen LogP contribution is 2.25. The third-order valence-corrected chi connectivity index (χ3v) is 4.61. The lowest BCUT2D eigenvalue weighted by molar-refractivity contribution is -0.126. The topological polar surface area (TPSA) is 51.2 Å². The van der Waals surface area contributed by atoms with Crippen LogP contribution in [-0.4, -0.2) is 30.6 Å². The van der Waals surface area contributed by atoms with E-state index in [9.17, 15) is 4.79 Å². The molecule has 0 radical (unpaired) electrons. The van der Waals surface area contributed by atoms with Gasteiger partial charge in [-0.05, 0) is 12.1 Å². The molecule has 2 aromatic rings. The maximum absolute atomic E-state index is 11.8. The zero-order valence-corrected chi connectivity index (χ0v) is 12.3. The average Bonchev–Trinajstić information content (AvgIpc) is 2.83. The van der Waals surface area contributed by atoms with Crippen LogP contribution in [0.15, 0.2) is 24.3 Å². The number of nitrogens with one attached hydrogen (secondary N) is 1. The van der Waals surface area contributed by atoms with Crippen molar-refractivity contribution in [1.82, 2.24) is 10.3 Å². The molecule has 2 heterocycles. The van der Waals surface area contributed by atoms with Crippen molar-refractivity contribution in [2.75, 3.05) is 19.8 Å². The minimum absolute atomic E-state index is 0.0948. The predicted molar refractivity (Wildman–Crippen MR) is 79.9 cm³/mol. The third kappa shape index (κ3) is 2.99. The zero-order valence-electron chi connectivity index (χ0n) is 11.5. The molecule has 3 rings (SSSR count). The summed E-state index contributed by atoms with van der Waals surface area (Å²) in [6.07, 6.45) is 1.20. The molecule has 1 aromatic carbocycles. The largest absolute Gasteiger partial charge is 0.380 e. The van der Waals surface area contributed by atoms with Gasteiger partial charge in [-0.1, -0.05) is 19.1 Å². The van der Waals surface area contributed by atoms with Crippen LogP contribution >= 0.6 is 11.3 Å². The van der Waals surface area contributed by atoms with Crippen molar-refractivity contribution < 1.29 is 9.53 Å². The molecular formula is C15H18N2O2S. The summed E-state index contributed by atoms with van der Waals surface area (Å²) in [5.74, 6) is 0.0948. The van der Waals surface area contributed by atoms with Crippen LogP contribution in [0, 0.1) is 5.41 Å². The monoisotopic (exact) mass is 290 g/mol. The van der Waals surface area contributed by atoms with Crippen LogP contribution in [0.2, 0.25) is 0 Å². The molecule has 0 spiro atoms. The van der Waals surface area contributed by atoms with Crippen molar-refractivity contribution >= 4 is 27.5 Å². The fraction of sp³-hybridized carbons (Fsp3) is 0.467. The molecule has 0 saturated carbocycles. The molecule has 0 atom stereocenters. The molecule has 5 heteroatoms. The second-order valence-electron chi connectivity index (χ2n) is 5.66. The van der Waals surface area contributed by atoms with E-state index in [4.69, 9.17) is 4.74 Å². The number of aromatic nitrogens is 1. The van der Waals surface area contributed by atoms with E-state index in [1.54, 1.807) is 11.3 Å². The summed E-state index contributed by atoms with van der Waals surface area (Å²) in [4.78, 5) is 16.4. The van der Waals surface area contributed by atoms with Gasteiger partial charge in [-0.15, -0.1) is 11.3 Å². The lowest BCUT2D eigenvalue weighted by Crippen LogP contribution is -2.48. The standard InChI is InChI=1S/C15H18N2O2S/c1-15(9-19-10-15)8-16-13(18)6-7-14-17-11-4-2-3-5-12(11)20-14/h2-5H,6-10H2,1H3,(H,16,18). The summed E-state index contributed by atoms with van der Waals surface area (Å²) in [7, 11) is 0. The molecule has 1 fully saturated rings. The molecule has 1 amide bonds. The van der Waals surface area contributed by atoms with Crippen LogP contribution in [-0.2, 0) is 16.0 Å². The Morgan fingerprint density at radius 3 is 2.95 bits per heavy atom. The number of nitrogens with zero attached hydrogens (tertiary/aromatic N) is 1. The second kappa shape index (κ2) is 5.50. The van der Waals surface area contributed by atoms with Gasteiger partial charge >= 0.3 is 0 Å². The first-order valence-electron chi connectivity index (χ1n) is 6.84. The van der Waals surface area contributed by atoms with Crippen LogP contribution < -0.4 is 5.32 Å². The van der Waals surface area contributed by atoms with E-state index in [2.05, 4.69) is 23.3 Å². The molecule has 0 unspecified atom stereocenters. The molecule has 1 saturated heterocycles. The number of thiazole rings is 1. The number of hydrogen-bond donors (Lipinski definition) is 1. The summed E-state index contributed by atoms with van der Waals surface area (Å²) in [6, 6.07) is 8.07. The fourth-order valence-electron chi connectivity index (χ4n) is 2.20. The molecule has 1 N–H and O–H groups in total. The van der Waals surface area contributed by atoms with Gasteiger partial charge < -0.3 is 10.1 Å². The Hall–Kier alpha value is -1.46. The van der Waals surface area contributed by atoms with Gasteiger partial charge in [-0.2, -0.15) is 0 Å². The summed E-state index contributed by atoms with van der Waals surface area (Å²) < 4.78 is 6.36. The van der Waals surface area contributed by atoms with Gasteiger partial charge in [0.15, 0.2) is 0 Å². The molecule has 0 bridgehead atoms. The highest BCUT2D eigenvalue weighted by atomic mass is 32.1. The third-order valence-electron chi connectivity index (χ3n) is 3.52. The summed E-state index contributed by atoms with van der Waals surface area (Å²) in [5.41, 5.74) is 1.15. The summed E-state index contributed by atoms with van der Waals surface area (Å²) >= 11 is 1.67. The van der Waals surface area contributed by atoms with E-state index in [0.717, 1.165) is 23.7 Å². The molecule has 1 aliphatic heterocycles. The minimum Gasteiger partial charge on any atom is -0.380 e. The lowest BCUT2D eigenvalue weighted by atomic mass is 9.89. The number of carbonyl (C=O) groups is 1. The Morgan fingerprint density at radius 1 is 1.45 bits per heavy atom. The zero-order chi connectivity index (χ0) is 14.0. The SMILES string of the molecule is CC1(CNC(=O)CCc2nc3ccccc3s2)COC1. The summed E-state index contributed by atoms with van der Waals surface area (Å²) in [6.45, 7) is 4.31. The number of para-hydroxylation sites is 1. The normalized spacial score (nSPS) is 16.9. The van der Waals surface area contributed by atoms with E-state index >= 15 is 0 Å². The summed E-state index contributed by atoms with van der Waals surface area (Å²) in [5, 5.41) is 4.01. The average molecular weight is 290 g/mol. The Kier molecular flexibility index (Phi) is 3.72. The Morgan fingerprint density at radius 2 is 2.25 bits per heavy atom. The number of fused-ring (bicyclic) bond motifs is 1. The highest BCUT2D eigenvalue weighted by Gasteiger charge is 2.33. The van der Waals surface area contributed by atoms with Crippen molar-refractivity contribution in [2.45, 2.75) is 19.8 Å². The first-order valence-corrected chi connectivity index (χ1v) is 7.65. The van der Waals surface area contributed by atoms with E-state index in [0.29, 0.717) is 19.4 Å². The first kappa shape index (κ1) is 13.5. The number of amides is 1. The molecule has 1 aromatic heterocycles. The van der Waals surface area contributed by atoms with Gasteiger partial charge in [-0.25, -0.2) is 4.98 Å². The number of carbonyl (C=O) groups excluding carboxylic acids is 1. The molecule has 106 valence electrons. The van der Waals surface area contributed by atoms with Gasteiger partial charge in [0.1, 0.15) is 0 Å². The van der Waals surface area contributed by atoms with Crippen molar-refractivity contribution in [1.29, 1.82) is 0 Å². The first-order chi connectivity index (χ1) is 9.65. The minimum atomic E-state index is 0.0948. The second-order valence-corrected chi connectivity index (χ2v) is 6.77. The van der Waals surface area contributed by atoms with E-state index in [1.165, 1.54) is 4.70 Å². The Labute approximate surface area is 122 Å². The van der Waals surface area contributed by atoms with Gasteiger partial charge in [-0.3, -0.25) is 4.79 Å². The number of aryl methyl sites for hydroxylation is 1. The maximum Gasteiger partial charge on any atom is 0.220 e. The van der Waals surface area contributed by atoms with Gasteiger partial charge in [0.05, 0.1) is 28.4 Å². The number of benzene rings is 1. The van der Waals surface area contributed by atoms with E-state index in [1.807, 2.05) is 18.2 Å². The lowest BCUT2D eigenvalue weighted by Gasteiger charge is -2.38. The van der Waals surface area contributed by atoms with Crippen molar-refractivity contribution in [3.63, 3.8) is 0 Å². The molecule has 0 aliphatic carbocycles. The fourth-order valence-corrected chi connectivity index (χ4v) is 3.17.